The second-order valence-electron chi connectivity index (χ2n) is 14.5. The molecule has 4 aromatic heterocycles. The lowest BCUT2D eigenvalue weighted by Crippen LogP contribution is -2.37. The van der Waals surface area contributed by atoms with Crippen LogP contribution in [0.25, 0.3) is 38.9 Å². The minimum absolute atomic E-state index is 0.00767. The zero-order valence-electron chi connectivity index (χ0n) is 31.2. The Morgan fingerprint density at radius 2 is 1.67 bits per heavy atom. The van der Waals surface area contributed by atoms with Gasteiger partial charge in [0.1, 0.15) is 29.8 Å². The van der Waals surface area contributed by atoms with E-state index in [1.807, 2.05) is 20.8 Å². The fraction of sp³-hybridized carbons (Fsp3) is 0.231. The van der Waals surface area contributed by atoms with Gasteiger partial charge in [0.2, 0.25) is 15.9 Å². The fourth-order valence-corrected chi connectivity index (χ4v) is 7.30. The summed E-state index contributed by atoms with van der Waals surface area (Å²) in [5, 5.41) is 12.0. The summed E-state index contributed by atoms with van der Waals surface area (Å²) in [7, 11) is -2.33. The molecular formula is C39H35ClF3N9O4S. The van der Waals surface area contributed by atoms with Gasteiger partial charge in [-0.1, -0.05) is 44.5 Å². The molecule has 0 bridgehead atoms. The van der Waals surface area contributed by atoms with Crippen LogP contribution in [0, 0.1) is 17.5 Å². The second-order valence-corrected chi connectivity index (χ2v) is 16.7. The van der Waals surface area contributed by atoms with Gasteiger partial charge in [-0.25, -0.2) is 31.6 Å². The van der Waals surface area contributed by atoms with Gasteiger partial charge in [0.25, 0.3) is 5.56 Å². The van der Waals surface area contributed by atoms with E-state index in [1.54, 1.807) is 18.3 Å². The SMILES string of the molecule is Cn1nc(NS(C)(=O)=O)c2c(Cl)ccc(-n3c([C@H](Cc4cc(F)cc(F)c4)NC(=O)Cn4ccc(C(C)(C)C)n4)nc4nc(-c5ccccc5F)ccc4c3=O)c21. The number of amides is 1. The molecule has 2 N–H and O–H groups in total. The largest absolute Gasteiger partial charge is 0.344 e. The molecule has 57 heavy (non-hydrogen) atoms. The standard InChI is InChI=1S/C39H35ClF3N9O4S/c1-39(2,3)31-14-15-51(47-31)20-32(53)44-29(18-21-16-22(41)19-23(42)17-21)37-46-35-25(10-12-28(45-35)24-8-6-7-9-27(24)43)38(54)52(37)30-13-11-26(40)33-34(30)50(4)48-36(33)49-57(5,55)56/h6-17,19,29H,18,20H2,1-5H3,(H,44,53)(H,48,49)/t29-/m0/s1. The Bertz CT molecular complexity index is 2890. The molecule has 0 radical (unpaired) electrons. The highest BCUT2D eigenvalue weighted by atomic mass is 35.5. The van der Waals surface area contributed by atoms with Gasteiger partial charge < -0.3 is 5.32 Å². The fourth-order valence-electron chi connectivity index (χ4n) is 6.56. The Labute approximate surface area is 329 Å². The van der Waals surface area contributed by atoms with Gasteiger partial charge in [-0.15, -0.1) is 0 Å². The number of hydrogen-bond acceptors (Lipinski definition) is 8. The van der Waals surface area contributed by atoms with E-state index in [-0.39, 0.29) is 79.5 Å². The number of carbonyl (C=O) groups excluding carboxylic acids is 1. The lowest BCUT2D eigenvalue weighted by Gasteiger charge is -2.24. The highest BCUT2D eigenvalue weighted by Crippen LogP contribution is 2.36. The zero-order valence-corrected chi connectivity index (χ0v) is 32.8. The van der Waals surface area contributed by atoms with Crippen LogP contribution in [-0.4, -0.2) is 54.7 Å². The third-order valence-electron chi connectivity index (χ3n) is 9.07. The van der Waals surface area contributed by atoms with Gasteiger partial charge in [0, 0.05) is 36.7 Å². The van der Waals surface area contributed by atoms with Crippen LogP contribution in [0.15, 0.2) is 83.8 Å². The normalized spacial score (nSPS) is 12.6. The predicted molar refractivity (Wildman–Crippen MR) is 210 cm³/mol. The molecule has 294 valence electrons. The van der Waals surface area contributed by atoms with Gasteiger partial charge in [-0.2, -0.15) is 10.2 Å². The molecule has 1 atom stereocenters. The number of carbonyl (C=O) groups is 1. The maximum atomic E-state index is 15.0. The van der Waals surface area contributed by atoms with E-state index in [9.17, 15) is 31.2 Å². The lowest BCUT2D eigenvalue weighted by molar-refractivity contribution is -0.122. The smallest absolute Gasteiger partial charge is 0.267 e. The van der Waals surface area contributed by atoms with E-state index < -0.39 is 45.0 Å². The van der Waals surface area contributed by atoms with Crippen molar-refractivity contribution in [1.29, 1.82) is 0 Å². The number of hydrogen-bond donors (Lipinski definition) is 2. The summed E-state index contributed by atoms with van der Waals surface area (Å²) in [6, 6.07) is 15.2. The number of rotatable bonds is 10. The molecule has 0 fully saturated rings. The minimum Gasteiger partial charge on any atom is -0.344 e. The van der Waals surface area contributed by atoms with Crippen molar-refractivity contribution < 1.29 is 26.4 Å². The first-order chi connectivity index (χ1) is 26.9. The monoisotopic (exact) mass is 817 g/mol. The molecule has 1 amide bonds. The summed E-state index contributed by atoms with van der Waals surface area (Å²) in [6.07, 6.45) is 2.31. The summed E-state index contributed by atoms with van der Waals surface area (Å²) < 4.78 is 75.2. The number of pyridine rings is 1. The molecule has 0 saturated carbocycles. The van der Waals surface area contributed by atoms with Crippen molar-refractivity contribution in [3.63, 3.8) is 0 Å². The molecule has 4 heterocycles. The van der Waals surface area contributed by atoms with E-state index in [0.29, 0.717) is 6.07 Å². The van der Waals surface area contributed by atoms with Crippen molar-refractivity contribution in [3.8, 4) is 16.9 Å². The molecule has 0 saturated heterocycles. The van der Waals surface area contributed by atoms with Crippen molar-refractivity contribution in [3.05, 3.63) is 129 Å². The molecule has 0 spiro atoms. The Hall–Kier alpha value is -6.07. The number of sulfonamides is 1. The van der Waals surface area contributed by atoms with Crippen LogP contribution < -0.4 is 15.6 Å². The van der Waals surface area contributed by atoms with Crippen LogP contribution in [-0.2, 0) is 40.2 Å². The molecule has 0 unspecified atom stereocenters. The molecular weight excluding hydrogens is 783 g/mol. The Morgan fingerprint density at radius 3 is 2.33 bits per heavy atom. The van der Waals surface area contributed by atoms with Crippen molar-refractivity contribution in [2.24, 2.45) is 7.05 Å². The van der Waals surface area contributed by atoms with Crippen LogP contribution >= 0.6 is 11.6 Å². The highest BCUT2D eigenvalue weighted by molar-refractivity contribution is 7.92. The molecule has 7 rings (SSSR count). The Balaban J connectivity index is 1.49. The Morgan fingerprint density at radius 1 is 0.947 bits per heavy atom. The molecule has 0 aliphatic rings. The molecule has 7 aromatic rings. The van der Waals surface area contributed by atoms with Gasteiger partial charge in [0.05, 0.1) is 50.7 Å². The highest BCUT2D eigenvalue weighted by Gasteiger charge is 2.28. The van der Waals surface area contributed by atoms with E-state index in [2.05, 4.69) is 25.2 Å². The number of anilines is 1. The van der Waals surface area contributed by atoms with Gasteiger partial charge in [-0.3, -0.25) is 28.2 Å². The third-order valence-corrected chi connectivity index (χ3v) is 9.95. The summed E-state index contributed by atoms with van der Waals surface area (Å²) in [5.41, 5.74) is 0.337. The predicted octanol–water partition coefficient (Wildman–Crippen LogP) is 6.37. The van der Waals surface area contributed by atoms with Gasteiger partial charge in [-0.05, 0) is 60.2 Å². The summed E-state index contributed by atoms with van der Waals surface area (Å²) in [4.78, 5) is 38.2. The second kappa shape index (κ2) is 14.8. The maximum Gasteiger partial charge on any atom is 0.267 e. The first kappa shape index (κ1) is 39.2. The lowest BCUT2D eigenvalue weighted by atomic mass is 9.93. The third kappa shape index (κ3) is 8.11. The minimum atomic E-state index is -3.84. The number of aryl methyl sites for hydroxylation is 1. The van der Waals surface area contributed by atoms with Gasteiger partial charge in [0.15, 0.2) is 11.5 Å². The van der Waals surface area contributed by atoms with Crippen LogP contribution in [0.5, 0.6) is 0 Å². The number of nitrogens with one attached hydrogen (secondary N) is 2. The number of nitrogens with zero attached hydrogens (tertiary/aromatic N) is 7. The van der Waals surface area contributed by atoms with Crippen molar-refractivity contribution in [2.75, 3.05) is 11.0 Å². The van der Waals surface area contributed by atoms with E-state index in [4.69, 9.17) is 16.6 Å². The van der Waals surface area contributed by atoms with E-state index in [0.717, 1.165) is 24.1 Å². The first-order valence-corrected chi connectivity index (χ1v) is 19.7. The van der Waals surface area contributed by atoms with Crippen molar-refractivity contribution in [2.45, 2.75) is 45.2 Å². The molecule has 0 aliphatic heterocycles. The average molecular weight is 818 g/mol. The van der Waals surface area contributed by atoms with Crippen LogP contribution in [0.3, 0.4) is 0 Å². The van der Waals surface area contributed by atoms with E-state index in [1.165, 1.54) is 63.4 Å². The first-order valence-electron chi connectivity index (χ1n) is 17.5. The molecule has 18 heteroatoms. The molecule has 13 nitrogen and oxygen atoms in total. The number of fused-ring (bicyclic) bond motifs is 2. The molecule has 0 aliphatic carbocycles. The zero-order chi connectivity index (χ0) is 41.0. The summed E-state index contributed by atoms with van der Waals surface area (Å²) in [6.45, 7) is 5.64. The summed E-state index contributed by atoms with van der Waals surface area (Å²) >= 11 is 6.63. The number of aromatic nitrogens is 7. The van der Waals surface area contributed by atoms with Crippen molar-refractivity contribution in [1.82, 2.24) is 39.4 Å². The average Bonchev–Trinajstić information content (AvgIpc) is 3.72. The van der Waals surface area contributed by atoms with Gasteiger partial charge >= 0.3 is 0 Å². The quantitative estimate of drug-likeness (QED) is 0.161. The topological polar surface area (TPSA) is 159 Å². The van der Waals surface area contributed by atoms with Crippen LogP contribution in [0.4, 0.5) is 19.0 Å². The number of benzene rings is 3. The summed E-state index contributed by atoms with van der Waals surface area (Å²) in [5.74, 6) is -3.15. The van der Waals surface area contributed by atoms with E-state index >= 15 is 0 Å². The van der Waals surface area contributed by atoms with Crippen LogP contribution in [0.2, 0.25) is 5.02 Å². The maximum absolute atomic E-state index is 15.0. The Kier molecular flexibility index (Phi) is 10.2. The van der Waals surface area contributed by atoms with Crippen molar-refractivity contribution >= 4 is 55.3 Å². The molecule has 3 aromatic carbocycles. The number of halogens is 4. The van der Waals surface area contributed by atoms with Crippen LogP contribution in [0.1, 0.15) is 43.9 Å².